The average molecular weight is 218 g/mol. The summed E-state index contributed by atoms with van der Waals surface area (Å²) in [5, 5.41) is 10.8. The number of oxime groups is 1. The van der Waals surface area contributed by atoms with Crippen LogP contribution in [0.4, 0.5) is 13.2 Å². The maximum atomic E-state index is 11.6. The van der Waals surface area contributed by atoms with Gasteiger partial charge < -0.3 is 5.21 Å². The molecule has 0 radical (unpaired) electrons. The molecule has 7 heteroatoms. The van der Waals surface area contributed by atoms with Crippen molar-refractivity contribution in [2.24, 2.45) is 11.1 Å². The van der Waals surface area contributed by atoms with Crippen molar-refractivity contribution in [2.75, 3.05) is 0 Å². The Labute approximate surface area is 77.1 Å². The Hall–Kier alpha value is -0.490. The first-order valence-electron chi connectivity index (χ1n) is 3.54. The highest BCUT2D eigenvalue weighted by atomic mass is 35.5. The van der Waals surface area contributed by atoms with E-state index >= 15 is 0 Å². The van der Waals surface area contributed by atoms with E-state index in [0.29, 0.717) is 0 Å². The molecule has 0 aromatic carbocycles. The summed E-state index contributed by atoms with van der Waals surface area (Å²) in [5.74, 6) is -0.306. The molecule has 0 aliphatic heterocycles. The number of alkyl halides is 3. The minimum atomic E-state index is -4.60. The summed E-state index contributed by atoms with van der Waals surface area (Å²) in [6.07, 6.45) is -5.18. The molecule has 76 valence electrons. The van der Waals surface area contributed by atoms with Gasteiger partial charge >= 0.3 is 6.36 Å². The van der Waals surface area contributed by atoms with E-state index < -0.39 is 12.5 Å². The van der Waals surface area contributed by atoms with Crippen LogP contribution >= 0.6 is 11.6 Å². The van der Waals surface area contributed by atoms with Crippen molar-refractivity contribution in [3.63, 3.8) is 0 Å². The zero-order valence-electron chi connectivity index (χ0n) is 6.38. The van der Waals surface area contributed by atoms with Crippen LogP contribution in [0.2, 0.25) is 0 Å². The van der Waals surface area contributed by atoms with Crippen LogP contribution in [0.25, 0.3) is 0 Å². The van der Waals surface area contributed by atoms with Crippen molar-refractivity contribution < 1.29 is 23.1 Å². The lowest BCUT2D eigenvalue weighted by atomic mass is 9.83. The average Bonchev–Trinajstić information content (AvgIpc) is 1.92. The molecule has 0 saturated heterocycles. The zero-order chi connectivity index (χ0) is 10.1. The second-order valence-corrected chi connectivity index (χ2v) is 3.16. The van der Waals surface area contributed by atoms with Crippen LogP contribution in [0.1, 0.15) is 12.8 Å². The van der Waals surface area contributed by atoms with E-state index in [1.165, 1.54) is 0 Å². The lowest BCUT2D eigenvalue weighted by Crippen LogP contribution is -2.38. The minimum absolute atomic E-state index is 0.0676. The number of ether oxygens (including phenoxy) is 1. The second kappa shape index (κ2) is 3.71. The van der Waals surface area contributed by atoms with Gasteiger partial charge in [0.05, 0.1) is 6.10 Å². The molecule has 0 aromatic heterocycles. The standard InChI is InChI=1S/C6H7ClF3NO2/c7-5(11-12)3-1-4(2-3)13-6(8,9)10/h3-4,12H,1-2H2/t3-,4+. The van der Waals surface area contributed by atoms with Crippen molar-refractivity contribution in [1.29, 1.82) is 0 Å². The first-order valence-corrected chi connectivity index (χ1v) is 3.92. The second-order valence-electron chi connectivity index (χ2n) is 2.78. The molecular formula is C6H7ClF3NO2. The number of rotatable bonds is 2. The van der Waals surface area contributed by atoms with Crippen molar-refractivity contribution in [1.82, 2.24) is 0 Å². The summed E-state index contributed by atoms with van der Waals surface area (Å²) in [5.41, 5.74) is 0. The summed E-state index contributed by atoms with van der Waals surface area (Å²) in [7, 11) is 0. The van der Waals surface area contributed by atoms with Crippen molar-refractivity contribution in [3.8, 4) is 0 Å². The Bertz CT molecular complexity index is 212. The smallest absolute Gasteiger partial charge is 0.410 e. The van der Waals surface area contributed by atoms with Gasteiger partial charge in [0.15, 0.2) is 0 Å². The Balaban J connectivity index is 2.27. The molecule has 0 spiro atoms. The SMILES string of the molecule is ON=C(Cl)[C@H]1C[C@@H](OC(F)(F)F)C1. The van der Waals surface area contributed by atoms with Crippen LogP contribution in [-0.4, -0.2) is 22.8 Å². The first-order chi connectivity index (χ1) is 5.92. The third-order valence-electron chi connectivity index (χ3n) is 1.83. The fraction of sp³-hybridized carbons (Fsp3) is 0.833. The third-order valence-corrected chi connectivity index (χ3v) is 2.21. The first kappa shape index (κ1) is 10.6. The maximum absolute atomic E-state index is 11.6. The molecule has 0 heterocycles. The van der Waals surface area contributed by atoms with Gasteiger partial charge in [-0.05, 0) is 12.8 Å². The quantitative estimate of drug-likeness (QED) is 0.438. The number of hydrogen-bond donors (Lipinski definition) is 1. The van der Waals surface area contributed by atoms with Crippen LogP contribution in [0.5, 0.6) is 0 Å². The summed E-state index contributed by atoms with van der Waals surface area (Å²) < 4.78 is 38.5. The monoisotopic (exact) mass is 217 g/mol. The Morgan fingerprint density at radius 2 is 2.00 bits per heavy atom. The zero-order valence-corrected chi connectivity index (χ0v) is 7.14. The summed E-state index contributed by atoms with van der Waals surface area (Å²) in [4.78, 5) is 0. The van der Waals surface area contributed by atoms with Crippen molar-refractivity contribution in [2.45, 2.75) is 25.3 Å². The molecule has 0 unspecified atom stereocenters. The number of nitrogens with zero attached hydrogens (tertiary/aromatic N) is 1. The molecular weight excluding hydrogens is 211 g/mol. The van der Waals surface area contributed by atoms with Gasteiger partial charge in [0, 0.05) is 5.92 Å². The molecule has 0 atom stereocenters. The van der Waals surface area contributed by atoms with Gasteiger partial charge in [-0.1, -0.05) is 16.8 Å². The Kier molecular flexibility index (Phi) is 3.02. The van der Waals surface area contributed by atoms with E-state index in [1.807, 2.05) is 0 Å². The molecule has 1 aliphatic carbocycles. The number of hydrogen-bond acceptors (Lipinski definition) is 3. The maximum Gasteiger partial charge on any atom is 0.522 e. The fourth-order valence-electron chi connectivity index (χ4n) is 1.13. The normalized spacial score (nSPS) is 30.0. The van der Waals surface area contributed by atoms with Crippen molar-refractivity contribution in [3.05, 3.63) is 0 Å². The molecule has 1 N–H and O–H groups in total. The van der Waals surface area contributed by atoms with Gasteiger partial charge in [0.2, 0.25) is 0 Å². The van der Waals surface area contributed by atoms with Gasteiger partial charge in [-0.25, -0.2) is 0 Å². The molecule has 0 bridgehead atoms. The van der Waals surface area contributed by atoms with Gasteiger partial charge in [-0.2, -0.15) is 0 Å². The predicted octanol–water partition coefficient (Wildman–Crippen LogP) is 2.33. The van der Waals surface area contributed by atoms with Crippen LogP contribution in [0, 0.1) is 5.92 Å². The Morgan fingerprint density at radius 1 is 1.46 bits per heavy atom. The lowest BCUT2D eigenvalue weighted by Gasteiger charge is -2.33. The minimum Gasteiger partial charge on any atom is -0.410 e. The molecule has 0 amide bonds. The van der Waals surface area contributed by atoms with Crippen LogP contribution in [0.15, 0.2) is 5.16 Å². The lowest BCUT2D eigenvalue weighted by molar-refractivity contribution is -0.352. The fourth-order valence-corrected chi connectivity index (χ4v) is 1.31. The molecule has 1 rings (SSSR count). The van der Waals surface area contributed by atoms with E-state index in [1.54, 1.807) is 0 Å². The Morgan fingerprint density at radius 3 is 2.38 bits per heavy atom. The summed E-state index contributed by atoms with van der Waals surface area (Å²) >= 11 is 5.37. The molecule has 3 nitrogen and oxygen atoms in total. The van der Waals surface area contributed by atoms with Crippen molar-refractivity contribution >= 4 is 16.8 Å². The molecule has 0 aromatic rings. The number of halogens is 4. The van der Waals surface area contributed by atoms with Gasteiger partial charge in [-0.15, -0.1) is 13.2 Å². The highest BCUT2D eigenvalue weighted by molar-refractivity contribution is 6.65. The van der Waals surface area contributed by atoms with Crippen LogP contribution < -0.4 is 0 Å². The van der Waals surface area contributed by atoms with Crippen LogP contribution in [-0.2, 0) is 4.74 Å². The predicted molar refractivity (Wildman–Crippen MR) is 38.7 cm³/mol. The van der Waals surface area contributed by atoms with Gasteiger partial charge in [0.25, 0.3) is 0 Å². The molecule has 13 heavy (non-hydrogen) atoms. The highest BCUT2D eigenvalue weighted by Gasteiger charge is 2.41. The van der Waals surface area contributed by atoms with E-state index in [9.17, 15) is 13.2 Å². The van der Waals surface area contributed by atoms with E-state index in [2.05, 4.69) is 9.89 Å². The summed E-state index contributed by atoms with van der Waals surface area (Å²) in [6.45, 7) is 0. The van der Waals surface area contributed by atoms with E-state index in [4.69, 9.17) is 16.8 Å². The summed E-state index contributed by atoms with van der Waals surface area (Å²) in [6, 6.07) is 0. The van der Waals surface area contributed by atoms with Gasteiger partial charge in [0.1, 0.15) is 5.17 Å². The van der Waals surface area contributed by atoms with Gasteiger partial charge in [-0.3, -0.25) is 4.74 Å². The molecule has 1 aliphatic rings. The largest absolute Gasteiger partial charge is 0.522 e. The molecule has 1 saturated carbocycles. The topological polar surface area (TPSA) is 41.8 Å². The highest BCUT2D eigenvalue weighted by Crippen LogP contribution is 2.36. The van der Waals surface area contributed by atoms with E-state index in [-0.39, 0.29) is 23.9 Å². The van der Waals surface area contributed by atoms with Crippen LogP contribution in [0.3, 0.4) is 0 Å². The van der Waals surface area contributed by atoms with E-state index in [0.717, 1.165) is 0 Å². The third kappa shape index (κ3) is 3.04. The molecule has 1 fully saturated rings.